The maximum Gasteiger partial charge on any atom is 0.417 e. The van der Waals surface area contributed by atoms with Crippen LogP contribution in [-0.2, 0) is 16.0 Å². The van der Waals surface area contributed by atoms with E-state index < -0.39 is 43.3 Å². The van der Waals surface area contributed by atoms with Crippen LogP contribution in [0.15, 0.2) is 17.2 Å². The number of carbonyl (C=O) groups excluding carboxylic acids is 1. The summed E-state index contributed by atoms with van der Waals surface area (Å²) in [5.41, 5.74) is 2.98. The molecule has 0 spiro atoms. The fourth-order valence-electron chi connectivity index (χ4n) is 1.26. The SMILES string of the molecule is CC(C)S(=O)(=O)c1cc(C(F)(F)F)cnc1C(N)=O. The third-order valence-corrected chi connectivity index (χ3v) is 4.51. The zero-order valence-electron chi connectivity index (χ0n) is 10.0. The lowest BCUT2D eigenvalue weighted by molar-refractivity contribution is -0.138. The zero-order chi connectivity index (χ0) is 15.0. The number of hydrogen-bond donors (Lipinski definition) is 1. The highest BCUT2D eigenvalue weighted by Gasteiger charge is 2.35. The number of aromatic nitrogens is 1. The monoisotopic (exact) mass is 296 g/mol. The van der Waals surface area contributed by atoms with Crippen LogP contribution >= 0.6 is 0 Å². The summed E-state index contributed by atoms with van der Waals surface area (Å²) in [6.07, 6.45) is -4.39. The van der Waals surface area contributed by atoms with Crippen molar-refractivity contribution in [2.45, 2.75) is 30.2 Å². The van der Waals surface area contributed by atoms with Gasteiger partial charge in [-0.25, -0.2) is 13.4 Å². The van der Waals surface area contributed by atoms with Crippen molar-refractivity contribution < 1.29 is 26.4 Å². The van der Waals surface area contributed by atoms with Crippen molar-refractivity contribution in [3.63, 3.8) is 0 Å². The van der Waals surface area contributed by atoms with Crippen molar-refractivity contribution in [3.8, 4) is 0 Å². The molecule has 0 aliphatic carbocycles. The topological polar surface area (TPSA) is 90.1 Å². The second kappa shape index (κ2) is 4.80. The van der Waals surface area contributed by atoms with E-state index in [9.17, 15) is 26.4 Å². The smallest absolute Gasteiger partial charge is 0.364 e. The first-order chi connectivity index (χ1) is 8.48. The third kappa shape index (κ3) is 3.03. The summed E-state index contributed by atoms with van der Waals surface area (Å²) in [5.74, 6) is -1.20. The van der Waals surface area contributed by atoms with Gasteiger partial charge in [-0.3, -0.25) is 4.79 Å². The van der Waals surface area contributed by atoms with E-state index in [4.69, 9.17) is 5.73 Å². The summed E-state index contributed by atoms with van der Waals surface area (Å²) in [5, 5.41) is -1.00. The van der Waals surface area contributed by atoms with Gasteiger partial charge in [-0.15, -0.1) is 0 Å². The van der Waals surface area contributed by atoms with Gasteiger partial charge >= 0.3 is 6.18 Å². The molecule has 1 amide bonds. The predicted octanol–water partition coefficient (Wildman–Crippen LogP) is 1.38. The summed E-state index contributed by atoms with van der Waals surface area (Å²) < 4.78 is 61.5. The highest BCUT2D eigenvalue weighted by Crippen LogP contribution is 2.31. The Morgan fingerprint density at radius 3 is 2.26 bits per heavy atom. The maximum absolute atomic E-state index is 12.5. The summed E-state index contributed by atoms with van der Waals surface area (Å²) in [7, 11) is -4.10. The molecular formula is C10H11F3N2O3S. The van der Waals surface area contributed by atoms with Crippen LogP contribution in [0.25, 0.3) is 0 Å². The number of halogens is 3. The Hall–Kier alpha value is -1.64. The number of alkyl halides is 3. The zero-order valence-corrected chi connectivity index (χ0v) is 10.8. The number of hydrogen-bond acceptors (Lipinski definition) is 4. The number of amides is 1. The molecule has 0 aliphatic heterocycles. The van der Waals surface area contributed by atoms with Crippen LogP contribution in [0.1, 0.15) is 29.9 Å². The van der Waals surface area contributed by atoms with Crippen LogP contribution in [0.3, 0.4) is 0 Å². The Morgan fingerprint density at radius 2 is 1.89 bits per heavy atom. The second-order valence-electron chi connectivity index (χ2n) is 4.03. The summed E-state index contributed by atoms with van der Waals surface area (Å²) >= 11 is 0. The summed E-state index contributed by atoms with van der Waals surface area (Å²) in [6.45, 7) is 2.56. The van der Waals surface area contributed by atoms with Crippen molar-refractivity contribution in [2.24, 2.45) is 5.73 Å². The Balaban J connectivity index is 3.63. The molecule has 9 heteroatoms. The molecule has 106 valence electrons. The molecule has 0 radical (unpaired) electrons. The van der Waals surface area contributed by atoms with Gasteiger partial charge in [0.1, 0.15) is 5.69 Å². The van der Waals surface area contributed by atoms with Gasteiger partial charge in [-0.05, 0) is 19.9 Å². The summed E-state index contributed by atoms with van der Waals surface area (Å²) in [4.78, 5) is 13.5. The number of sulfone groups is 1. The minimum absolute atomic E-state index is 0.374. The number of primary amides is 1. The molecule has 1 heterocycles. The first kappa shape index (κ1) is 15.4. The average molecular weight is 296 g/mol. The fraction of sp³-hybridized carbons (Fsp3) is 0.400. The van der Waals surface area contributed by atoms with Crippen molar-refractivity contribution in [2.75, 3.05) is 0 Å². The lowest BCUT2D eigenvalue weighted by atomic mass is 10.2. The molecule has 0 aromatic carbocycles. The van der Waals surface area contributed by atoms with Gasteiger partial charge in [0, 0.05) is 6.20 Å². The first-order valence-corrected chi connectivity index (χ1v) is 6.63. The third-order valence-electron chi connectivity index (χ3n) is 2.34. The molecule has 0 atom stereocenters. The molecule has 0 saturated heterocycles. The lowest BCUT2D eigenvalue weighted by Crippen LogP contribution is -2.23. The predicted molar refractivity (Wildman–Crippen MR) is 60.1 cm³/mol. The number of rotatable bonds is 3. The Morgan fingerprint density at radius 1 is 1.37 bits per heavy atom. The van der Waals surface area contributed by atoms with E-state index in [2.05, 4.69) is 4.98 Å². The largest absolute Gasteiger partial charge is 0.417 e. The second-order valence-corrected chi connectivity index (χ2v) is 6.50. The van der Waals surface area contributed by atoms with Gasteiger partial charge in [0.15, 0.2) is 9.84 Å². The van der Waals surface area contributed by atoms with Crippen LogP contribution in [0, 0.1) is 0 Å². The van der Waals surface area contributed by atoms with Gasteiger partial charge in [0.05, 0.1) is 15.7 Å². The average Bonchev–Trinajstić information content (AvgIpc) is 2.26. The van der Waals surface area contributed by atoms with E-state index in [1.54, 1.807) is 0 Å². The Labute approximate surface area is 107 Å². The lowest BCUT2D eigenvalue weighted by Gasteiger charge is -2.13. The Bertz CT molecular complexity index is 609. The van der Waals surface area contributed by atoms with Crippen LogP contribution in [-0.4, -0.2) is 24.6 Å². The molecule has 19 heavy (non-hydrogen) atoms. The number of carbonyl (C=O) groups is 1. The number of pyridine rings is 1. The number of nitrogens with two attached hydrogens (primary N) is 1. The molecule has 5 nitrogen and oxygen atoms in total. The standard InChI is InChI=1S/C10H11F3N2O3S/c1-5(2)19(17,18)7-3-6(10(11,12)13)4-15-8(7)9(14)16/h3-5H,1-2H3,(H2,14,16). The van der Waals surface area contributed by atoms with E-state index in [1.807, 2.05) is 0 Å². The normalized spacial score (nSPS) is 12.7. The van der Waals surface area contributed by atoms with E-state index in [0.717, 1.165) is 0 Å². The van der Waals surface area contributed by atoms with Crippen LogP contribution in [0.4, 0.5) is 13.2 Å². The minimum atomic E-state index is -4.76. The highest BCUT2D eigenvalue weighted by atomic mass is 32.2. The van der Waals surface area contributed by atoms with Gasteiger partial charge in [0.25, 0.3) is 5.91 Å². The van der Waals surface area contributed by atoms with Crippen LogP contribution in [0.5, 0.6) is 0 Å². The van der Waals surface area contributed by atoms with Crippen molar-refractivity contribution in [3.05, 3.63) is 23.5 Å². The molecule has 0 fully saturated rings. The number of nitrogens with zero attached hydrogens (tertiary/aromatic N) is 1. The molecule has 1 aromatic heterocycles. The molecule has 1 rings (SSSR count). The molecule has 0 saturated carbocycles. The molecule has 0 aliphatic rings. The van der Waals surface area contributed by atoms with E-state index in [-0.39, 0.29) is 0 Å². The van der Waals surface area contributed by atoms with Crippen LogP contribution in [0.2, 0.25) is 0 Å². The summed E-state index contributed by atoms with van der Waals surface area (Å²) in [6, 6.07) is 0.377. The van der Waals surface area contributed by atoms with Crippen LogP contribution < -0.4 is 5.73 Å². The minimum Gasteiger partial charge on any atom is -0.364 e. The maximum atomic E-state index is 12.5. The quantitative estimate of drug-likeness (QED) is 0.912. The van der Waals surface area contributed by atoms with E-state index in [0.29, 0.717) is 12.3 Å². The molecule has 1 aromatic rings. The van der Waals surface area contributed by atoms with Gasteiger partial charge in [-0.2, -0.15) is 13.2 Å². The fourth-order valence-corrected chi connectivity index (χ4v) is 2.48. The van der Waals surface area contributed by atoms with Crippen molar-refractivity contribution >= 4 is 15.7 Å². The Kier molecular flexibility index (Phi) is 3.89. The highest BCUT2D eigenvalue weighted by molar-refractivity contribution is 7.92. The van der Waals surface area contributed by atoms with Gasteiger partial charge in [0.2, 0.25) is 0 Å². The molecule has 2 N–H and O–H groups in total. The molecule has 0 bridgehead atoms. The van der Waals surface area contributed by atoms with Gasteiger partial charge < -0.3 is 5.73 Å². The first-order valence-electron chi connectivity index (χ1n) is 5.09. The van der Waals surface area contributed by atoms with E-state index >= 15 is 0 Å². The molecular weight excluding hydrogens is 285 g/mol. The van der Waals surface area contributed by atoms with Crippen molar-refractivity contribution in [1.29, 1.82) is 0 Å². The van der Waals surface area contributed by atoms with Gasteiger partial charge in [-0.1, -0.05) is 0 Å². The van der Waals surface area contributed by atoms with Crippen molar-refractivity contribution in [1.82, 2.24) is 4.98 Å². The molecule has 0 unspecified atom stereocenters. The van der Waals surface area contributed by atoms with E-state index in [1.165, 1.54) is 13.8 Å².